The zero-order valence-corrected chi connectivity index (χ0v) is 19.9. The zero-order valence-electron chi connectivity index (χ0n) is 19.9. The molecule has 34 heavy (non-hydrogen) atoms. The fourth-order valence-electron chi connectivity index (χ4n) is 3.35. The Morgan fingerprint density at radius 2 is 2.00 bits per heavy atom. The van der Waals surface area contributed by atoms with Crippen LogP contribution < -0.4 is 16.6 Å². The van der Waals surface area contributed by atoms with E-state index in [1.165, 1.54) is 10.9 Å². The third-order valence-corrected chi connectivity index (χ3v) is 5.34. The van der Waals surface area contributed by atoms with Crippen molar-refractivity contribution in [2.45, 2.75) is 52.2 Å². The molecule has 0 unspecified atom stereocenters. The lowest BCUT2D eigenvalue weighted by atomic mass is 10.1. The van der Waals surface area contributed by atoms with Crippen molar-refractivity contribution < 1.29 is 28.5 Å². The van der Waals surface area contributed by atoms with Gasteiger partial charge in [0.05, 0.1) is 31.5 Å². The predicted octanol–water partition coefficient (Wildman–Crippen LogP) is 0.170. The molecule has 2 aromatic heterocycles. The summed E-state index contributed by atoms with van der Waals surface area (Å²) in [5.74, 6) is -1.30. The van der Waals surface area contributed by atoms with Gasteiger partial charge in [0.15, 0.2) is 17.4 Å². The van der Waals surface area contributed by atoms with E-state index >= 15 is 0 Å². The van der Waals surface area contributed by atoms with Crippen LogP contribution in [0, 0.1) is 11.8 Å². The summed E-state index contributed by atoms with van der Waals surface area (Å²) in [6, 6.07) is -0.652. The normalized spacial score (nSPS) is 22.6. The molecular weight excluding hydrogens is 448 g/mol. The van der Waals surface area contributed by atoms with Gasteiger partial charge >= 0.3 is 5.97 Å². The molecule has 13 nitrogen and oxygen atoms in total. The van der Waals surface area contributed by atoms with Crippen LogP contribution in [0.2, 0.25) is 0 Å². The molecule has 2 aromatic rings. The van der Waals surface area contributed by atoms with Gasteiger partial charge in [0, 0.05) is 13.0 Å². The van der Waals surface area contributed by atoms with Crippen molar-refractivity contribution in [3.05, 3.63) is 16.7 Å². The highest BCUT2D eigenvalue weighted by molar-refractivity contribution is 5.91. The van der Waals surface area contributed by atoms with Gasteiger partial charge in [-0.1, -0.05) is 27.7 Å². The third kappa shape index (κ3) is 5.60. The summed E-state index contributed by atoms with van der Waals surface area (Å²) in [6.07, 6.45) is -0.763. The first kappa shape index (κ1) is 25.7. The van der Waals surface area contributed by atoms with Gasteiger partial charge in [-0.05, 0) is 0 Å². The second kappa shape index (κ2) is 11.0. The Bertz CT molecular complexity index is 1070. The van der Waals surface area contributed by atoms with Crippen molar-refractivity contribution in [2.75, 3.05) is 32.2 Å². The number of anilines is 1. The Labute approximate surface area is 196 Å². The van der Waals surface area contributed by atoms with Crippen LogP contribution in [0.4, 0.5) is 5.95 Å². The van der Waals surface area contributed by atoms with Crippen molar-refractivity contribution in [1.29, 1.82) is 0 Å². The number of carbonyl (C=O) groups excluding carboxylic acids is 2. The van der Waals surface area contributed by atoms with Gasteiger partial charge in [0.2, 0.25) is 11.9 Å². The Kier molecular flexibility index (Phi) is 8.36. The standard InChI is InChI=1S/C21H32N6O7/c1-10(2)17(28)25-21-24-16-14(18(29)26-21)23-9-27(16)19-15(32-7-6-31-5)13(22)12(34-19)8-33-20(30)11(3)4/h9-13,15,19H,6-8,22H2,1-5H3,(H2,24,25,26,28,29)/t12-,13-,15-,19-/m1/s1. The Morgan fingerprint density at radius 1 is 1.26 bits per heavy atom. The van der Waals surface area contributed by atoms with Gasteiger partial charge in [-0.25, -0.2) is 4.98 Å². The number of imidazole rings is 1. The minimum Gasteiger partial charge on any atom is -0.463 e. The summed E-state index contributed by atoms with van der Waals surface area (Å²) in [7, 11) is 1.55. The number of hydrogen-bond acceptors (Lipinski definition) is 10. The van der Waals surface area contributed by atoms with Crippen LogP contribution in [0.25, 0.3) is 11.2 Å². The average molecular weight is 481 g/mol. The van der Waals surface area contributed by atoms with E-state index in [2.05, 4.69) is 20.3 Å². The van der Waals surface area contributed by atoms with Crippen molar-refractivity contribution >= 4 is 29.0 Å². The maximum absolute atomic E-state index is 12.5. The number of esters is 1. The van der Waals surface area contributed by atoms with Crippen LogP contribution in [-0.2, 0) is 28.5 Å². The summed E-state index contributed by atoms with van der Waals surface area (Å²) >= 11 is 0. The lowest BCUT2D eigenvalue weighted by Gasteiger charge is -2.22. The number of ether oxygens (including phenoxy) is 4. The number of amides is 1. The van der Waals surface area contributed by atoms with E-state index < -0.39 is 30.0 Å². The summed E-state index contributed by atoms with van der Waals surface area (Å²) < 4.78 is 24.0. The molecule has 0 saturated carbocycles. The minimum absolute atomic E-state index is 0.0143. The van der Waals surface area contributed by atoms with Gasteiger partial charge < -0.3 is 24.7 Å². The number of methoxy groups -OCH3 is 1. The van der Waals surface area contributed by atoms with Crippen LogP contribution in [0.1, 0.15) is 33.9 Å². The number of aromatic nitrogens is 4. The van der Waals surface area contributed by atoms with Crippen molar-refractivity contribution in [1.82, 2.24) is 19.5 Å². The topological polar surface area (TPSA) is 173 Å². The summed E-state index contributed by atoms with van der Waals surface area (Å²) in [4.78, 5) is 47.6. The molecule has 0 spiro atoms. The minimum atomic E-state index is -0.817. The number of hydrogen-bond donors (Lipinski definition) is 3. The quantitative estimate of drug-likeness (QED) is 0.314. The average Bonchev–Trinajstić information content (AvgIpc) is 3.33. The highest BCUT2D eigenvalue weighted by atomic mass is 16.6. The molecule has 188 valence electrons. The summed E-state index contributed by atoms with van der Waals surface area (Å²) in [6.45, 7) is 7.41. The number of aromatic amines is 1. The number of nitrogens with zero attached hydrogens (tertiary/aromatic N) is 3. The smallest absolute Gasteiger partial charge is 0.308 e. The van der Waals surface area contributed by atoms with Crippen molar-refractivity contribution in [3.8, 4) is 0 Å². The van der Waals surface area contributed by atoms with Crippen molar-refractivity contribution in [3.63, 3.8) is 0 Å². The first-order valence-electron chi connectivity index (χ1n) is 11.1. The van der Waals surface area contributed by atoms with Gasteiger partial charge in [0.1, 0.15) is 18.8 Å². The van der Waals surface area contributed by atoms with Crippen LogP contribution in [0.5, 0.6) is 0 Å². The van der Waals surface area contributed by atoms with Gasteiger partial charge in [0.25, 0.3) is 5.56 Å². The number of nitrogens with two attached hydrogens (primary N) is 1. The SMILES string of the molecule is COCCO[C@@H]1[C@H](N)[C@@H](COC(=O)C(C)C)O[C@H]1n1cnc2c(=O)[nH]c(NC(=O)C(C)C)nc21. The van der Waals surface area contributed by atoms with E-state index in [-0.39, 0.29) is 54.0 Å². The van der Waals surface area contributed by atoms with E-state index in [0.717, 1.165) is 0 Å². The molecule has 3 heterocycles. The summed E-state index contributed by atoms with van der Waals surface area (Å²) in [5, 5.41) is 2.58. The maximum Gasteiger partial charge on any atom is 0.308 e. The van der Waals surface area contributed by atoms with Crippen LogP contribution in [0.15, 0.2) is 11.1 Å². The van der Waals surface area contributed by atoms with E-state index in [9.17, 15) is 14.4 Å². The second-order valence-corrected chi connectivity index (χ2v) is 8.64. The monoisotopic (exact) mass is 480 g/mol. The number of rotatable bonds is 10. The van der Waals surface area contributed by atoms with Gasteiger partial charge in [-0.3, -0.25) is 29.3 Å². The van der Waals surface area contributed by atoms with Crippen LogP contribution in [-0.4, -0.2) is 76.6 Å². The maximum atomic E-state index is 12.5. The zero-order chi connectivity index (χ0) is 25.0. The number of H-pyrrole nitrogens is 1. The molecule has 1 saturated heterocycles. The molecule has 0 aliphatic carbocycles. The molecule has 3 rings (SSSR count). The molecule has 4 N–H and O–H groups in total. The molecule has 4 atom stereocenters. The Morgan fingerprint density at radius 3 is 2.65 bits per heavy atom. The van der Waals surface area contributed by atoms with Gasteiger partial charge in [-0.2, -0.15) is 4.98 Å². The molecule has 13 heteroatoms. The van der Waals surface area contributed by atoms with E-state index in [1.54, 1.807) is 34.8 Å². The van der Waals surface area contributed by atoms with Crippen molar-refractivity contribution in [2.24, 2.45) is 17.6 Å². The number of nitrogens with one attached hydrogen (secondary N) is 2. The highest BCUT2D eigenvalue weighted by Gasteiger charge is 2.45. The summed E-state index contributed by atoms with van der Waals surface area (Å²) in [5.41, 5.74) is 6.12. The number of carbonyl (C=O) groups is 2. The molecule has 0 bridgehead atoms. The highest BCUT2D eigenvalue weighted by Crippen LogP contribution is 2.32. The fourth-order valence-corrected chi connectivity index (χ4v) is 3.35. The first-order chi connectivity index (χ1) is 16.1. The van der Waals surface area contributed by atoms with E-state index in [4.69, 9.17) is 24.7 Å². The van der Waals surface area contributed by atoms with E-state index in [1.807, 2.05) is 0 Å². The molecule has 1 aliphatic heterocycles. The van der Waals surface area contributed by atoms with E-state index in [0.29, 0.717) is 6.61 Å². The molecule has 0 radical (unpaired) electrons. The molecule has 1 fully saturated rings. The second-order valence-electron chi connectivity index (χ2n) is 8.64. The third-order valence-electron chi connectivity index (χ3n) is 5.34. The first-order valence-corrected chi connectivity index (χ1v) is 11.1. The van der Waals surface area contributed by atoms with Crippen LogP contribution >= 0.6 is 0 Å². The molecule has 1 amide bonds. The number of fused-ring (bicyclic) bond motifs is 1. The fraction of sp³-hybridized carbons (Fsp3) is 0.667. The Hall–Kier alpha value is -2.87. The Balaban J connectivity index is 1.92. The molecule has 1 aliphatic rings. The van der Waals surface area contributed by atoms with Crippen LogP contribution in [0.3, 0.4) is 0 Å². The predicted molar refractivity (Wildman–Crippen MR) is 121 cm³/mol. The van der Waals surface area contributed by atoms with Gasteiger partial charge in [-0.15, -0.1) is 0 Å². The molecule has 0 aromatic carbocycles. The lowest BCUT2D eigenvalue weighted by Crippen LogP contribution is -2.44. The molecular formula is C21H32N6O7. The largest absolute Gasteiger partial charge is 0.463 e. The lowest BCUT2D eigenvalue weighted by molar-refractivity contribution is -0.152.